The SMILES string of the molecule is NC1CC2CCCC(C1)N2Cc1cccc(Cl)c1F. The molecule has 4 heteroatoms. The van der Waals surface area contributed by atoms with Gasteiger partial charge < -0.3 is 5.73 Å². The first-order valence-electron chi connectivity index (χ1n) is 7.09. The lowest BCUT2D eigenvalue weighted by molar-refractivity contribution is 0.0237. The quantitative estimate of drug-likeness (QED) is 0.902. The normalized spacial score (nSPS) is 31.4. The topological polar surface area (TPSA) is 29.3 Å². The van der Waals surface area contributed by atoms with E-state index >= 15 is 0 Å². The van der Waals surface area contributed by atoms with Crippen molar-refractivity contribution in [1.29, 1.82) is 0 Å². The fraction of sp³-hybridized carbons (Fsp3) is 0.600. The van der Waals surface area contributed by atoms with Crippen molar-refractivity contribution in [3.63, 3.8) is 0 Å². The minimum absolute atomic E-state index is 0.219. The summed E-state index contributed by atoms with van der Waals surface area (Å²) in [7, 11) is 0. The molecule has 2 nitrogen and oxygen atoms in total. The summed E-state index contributed by atoms with van der Waals surface area (Å²) in [6, 6.07) is 6.61. The third-order valence-corrected chi connectivity index (χ3v) is 4.84. The van der Waals surface area contributed by atoms with E-state index in [0.29, 0.717) is 30.2 Å². The van der Waals surface area contributed by atoms with E-state index in [4.69, 9.17) is 17.3 Å². The Labute approximate surface area is 118 Å². The van der Waals surface area contributed by atoms with Crippen molar-refractivity contribution in [3.8, 4) is 0 Å². The van der Waals surface area contributed by atoms with E-state index < -0.39 is 0 Å². The second kappa shape index (κ2) is 5.39. The molecule has 2 unspecified atom stereocenters. The van der Waals surface area contributed by atoms with Crippen molar-refractivity contribution < 1.29 is 4.39 Å². The van der Waals surface area contributed by atoms with Crippen molar-refractivity contribution in [2.24, 2.45) is 5.73 Å². The van der Waals surface area contributed by atoms with Crippen molar-refractivity contribution in [3.05, 3.63) is 34.6 Å². The largest absolute Gasteiger partial charge is 0.328 e. The monoisotopic (exact) mass is 282 g/mol. The number of benzene rings is 1. The van der Waals surface area contributed by atoms with Crippen LogP contribution in [0.15, 0.2) is 18.2 Å². The Morgan fingerprint density at radius 1 is 1.26 bits per heavy atom. The first-order valence-corrected chi connectivity index (χ1v) is 7.47. The van der Waals surface area contributed by atoms with Crippen molar-refractivity contribution >= 4 is 11.6 Å². The molecule has 2 aliphatic rings. The minimum Gasteiger partial charge on any atom is -0.328 e. The summed E-state index contributed by atoms with van der Waals surface area (Å²) in [5, 5.41) is 0.219. The van der Waals surface area contributed by atoms with Crippen LogP contribution in [0.5, 0.6) is 0 Å². The van der Waals surface area contributed by atoms with E-state index in [1.54, 1.807) is 6.07 Å². The average Bonchev–Trinajstić information content (AvgIpc) is 2.36. The maximum Gasteiger partial charge on any atom is 0.146 e. The van der Waals surface area contributed by atoms with Gasteiger partial charge in [0, 0.05) is 30.2 Å². The smallest absolute Gasteiger partial charge is 0.146 e. The Hall–Kier alpha value is -0.640. The van der Waals surface area contributed by atoms with Gasteiger partial charge in [-0.1, -0.05) is 30.2 Å². The van der Waals surface area contributed by atoms with Crippen LogP contribution in [0.3, 0.4) is 0 Å². The Kier molecular flexibility index (Phi) is 3.79. The van der Waals surface area contributed by atoms with E-state index in [9.17, 15) is 4.39 Å². The fourth-order valence-electron chi connectivity index (χ4n) is 3.65. The van der Waals surface area contributed by atoms with Crippen molar-refractivity contribution in [2.75, 3.05) is 0 Å². The number of rotatable bonds is 2. The number of nitrogens with two attached hydrogens (primary N) is 1. The first kappa shape index (κ1) is 13.3. The van der Waals surface area contributed by atoms with Crippen LogP contribution in [0.25, 0.3) is 0 Å². The highest BCUT2D eigenvalue weighted by Crippen LogP contribution is 2.35. The van der Waals surface area contributed by atoms with Crippen LogP contribution in [0.1, 0.15) is 37.7 Å². The molecule has 2 N–H and O–H groups in total. The van der Waals surface area contributed by atoms with Crippen LogP contribution >= 0.6 is 11.6 Å². The Morgan fingerprint density at radius 3 is 2.63 bits per heavy atom. The van der Waals surface area contributed by atoms with E-state index in [1.807, 2.05) is 12.1 Å². The third-order valence-electron chi connectivity index (χ3n) is 4.55. The van der Waals surface area contributed by atoms with Gasteiger partial charge in [-0.25, -0.2) is 4.39 Å². The van der Waals surface area contributed by atoms with Gasteiger partial charge in [-0.05, 0) is 31.7 Å². The van der Waals surface area contributed by atoms with Crippen LogP contribution < -0.4 is 5.73 Å². The molecule has 2 aliphatic heterocycles. The molecule has 0 spiro atoms. The molecule has 19 heavy (non-hydrogen) atoms. The minimum atomic E-state index is -0.267. The molecule has 1 aromatic carbocycles. The summed E-state index contributed by atoms with van der Waals surface area (Å²) in [4.78, 5) is 2.45. The summed E-state index contributed by atoms with van der Waals surface area (Å²) in [5.74, 6) is -0.267. The van der Waals surface area contributed by atoms with Gasteiger partial charge in [0.05, 0.1) is 5.02 Å². The second-order valence-electron chi connectivity index (χ2n) is 5.86. The number of fused-ring (bicyclic) bond motifs is 2. The lowest BCUT2D eigenvalue weighted by Gasteiger charge is -2.48. The molecule has 0 radical (unpaired) electrons. The number of nitrogens with zero attached hydrogens (tertiary/aromatic N) is 1. The summed E-state index contributed by atoms with van der Waals surface area (Å²) < 4.78 is 14.0. The van der Waals surface area contributed by atoms with Gasteiger partial charge >= 0.3 is 0 Å². The first-order chi connectivity index (χ1) is 9.15. The molecule has 2 heterocycles. The molecule has 2 atom stereocenters. The molecule has 3 rings (SSSR count). The Balaban J connectivity index is 1.80. The Morgan fingerprint density at radius 2 is 1.95 bits per heavy atom. The zero-order chi connectivity index (χ0) is 13.4. The average molecular weight is 283 g/mol. The predicted molar refractivity (Wildman–Crippen MR) is 75.6 cm³/mol. The summed E-state index contributed by atoms with van der Waals surface area (Å²) >= 11 is 5.86. The molecule has 0 aliphatic carbocycles. The van der Waals surface area contributed by atoms with Gasteiger partial charge in [0.25, 0.3) is 0 Å². The number of piperidine rings is 2. The van der Waals surface area contributed by atoms with E-state index in [2.05, 4.69) is 4.90 Å². The van der Waals surface area contributed by atoms with Crippen molar-refractivity contribution in [1.82, 2.24) is 4.90 Å². The fourth-order valence-corrected chi connectivity index (χ4v) is 3.84. The highest BCUT2D eigenvalue weighted by molar-refractivity contribution is 6.30. The van der Waals surface area contributed by atoms with Gasteiger partial charge in [-0.2, -0.15) is 0 Å². The van der Waals surface area contributed by atoms with Crippen LogP contribution in [-0.2, 0) is 6.54 Å². The predicted octanol–water partition coefficient (Wildman–Crippen LogP) is 3.32. The highest BCUT2D eigenvalue weighted by Gasteiger charge is 2.37. The molecule has 104 valence electrons. The van der Waals surface area contributed by atoms with Gasteiger partial charge in [0.15, 0.2) is 0 Å². The Bertz CT molecular complexity index is 451. The summed E-state index contributed by atoms with van der Waals surface area (Å²) in [5.41, 5.74) is 6.82. The van der Waals surface area contributed by atoms with Gasteiger partial charge in [-0.3, -0.25) is 4.90 Å². The molecule has 1 aromatic rings. The number of hydrogen-bond acceptors (Lipinski definition) is 2. The van der Waals surface area contributed by atoms with Gasteiger partial charge in [-0.15, -0.1) is 0 Å². The van der Waals surface area contributed by atoms with E-state index in [-0.39, 0.29) is 10.8 Å². The van der Waals surface area contributed by atoms with Crippen LogP contribution in [0.2, 0.25) is 5.02 Å². The van der Waals surface area contributed by atoms with Crippen LogP contribution in [0.4, 0.5) is 4.39 Å². The van der Waals surface area contributed by atoms with Gasteiger partial charge in [0.2, 0.25) is 0 Å². The molecular formula is C15H20ClFN2. The van der Waals surface area contributed by atoms with E-state index in [1.165, 1.54) is 19.3 Å². The molecule has 0 aromatic heterocycles. The molecule has 2 bridgehead atoms. The van der Waals surface area contributed by atoms with Crippen LogP contribution in [-0.4, -0.2) is 23.0 Å². The van der Waals surface area contributed by atoms with Gasteiger partial charge in [0.1, 0.15) is 5.82 Å². The number of hydrogen-bond donors (Lipinski definition) is 1. The zero-order valence-corrected chi connectivity index (χ0v) is 11.7. The maximum absolute atomic E-state index is 14.0. The molecule has 2 fully saturated rings. The third kappa shape index (κ3) is 2.64. The molecular weight excluding hydrogens is 263 g/mol. The van der Waals surface area contributed by atoms with Crippen LogP contribution in [0, 0.1) is 5.82 Å². The summed E-state index contributed by atoms with van der Waals surface area (Å²) in [6.07, 6.45) is 5.73. The standard InChI is InChI=1S/C15H20ClFN2/c16-14-6-1-3-10(15(14)17)9-19-12-4-2-5-13(19)8-11(18)7-12/h1,3,6,11-13H,2,4-5,7-9,18H2. The summed E-state index contributed by atoms with van der Waals surface area (Å²) in [6.45, 7) is 0.661. The second-order valence-corrected chi connectivity index (χ2v) is 6.26. The van der Waals surface area contributed by atoms with Crippen molar-refractivity contribution in [2.45, 2.75) is 56.8 Å². The molecule has 0 saturated carbocycles. The maximum atomic E-state index is 14.0. The lowest BCUT2D eigenvalue weighted by Crippen LogP contribution is -2.54. The molecule has 2 saturated heterocycles. The lowest BCUT2D eigenvalue weighted by atomic mass is 9.82. The molecule has 0 amide bonds. The van der Waals surface area contributed by atoms with E-state index in [0.717, 1.165) is 12.8 Å². The zero-order valence-electron chi connectivity index (χ0n) is 11.0. The highest BCUT2D eigenvalue weighted by atomic mass is 35.5. The number of halogens is 2.